The molecule has 0 spiro atoms. The van der Waals surface area contributed by atoms with Gasteiger partial charge in [-0.3, -0.25) is 0 Å². The summed E-state index contributed by atoms with van der Waals surface area (Å²) in [5.74, 6) is -0.0328. The third kappa shape index (κ3) is 3.84. The summed E-state index contributed by atoms with van der Waals surface area (Å²) in [5.41, 5.74) is 0.998. The van der Waals surface area contributed by atoms with Crippen LogP contribution in [0.25, 0.3) is 0 Å². The standard InChI is InChI=1S/C24H20BrOP/c25-22-16-9-15-20(22)24(26)21-14-7-8-17-23(21)27(18-10-3-1-4-11-18)19-12-5-2-6-13-19/h1-17,20,24,26H/t20-,24-/m1/s1. The summed E-state index contributed by atoms with van der Waals surface area (Å²) in [6.45, 7) is 0. The van der Waals surface area contributed by atoms with Crippen LogP contribution in [0.1, 0.15) is 11.7 Å². The van der Waals surface area contributed by atoms with Gasteiger partial charge >= 0.3 is 0 Å². The molecular formula is C24H20BrOP. The van der Waals surface area contributed by atoms with E-state index in [4.69, 9.17) is 0 Å². The third-order valence-corrected chi connectivity index (χ3v) is 8.07. The van der Waals surface area contributed by atoms with E-state index in [1.165, 1.54) is 15.9 Å². The van der Waals surface area contributed by atoms with Gasteiger partial charge in [0.05, 0.1) is 6.10 Å². The second kappa shape index (κ2) is 8.35. The first kappa shape index (κ1) is 18.4. The summed E-state index contributed by atoms with van der Waals surface area (Å²) < 4.78 is 1.02. The maximum atomic E-state index is 11.2. The van der Waals surface area contributed by atoms with Crippen LogP contribution in [0.2, 0.25) is 0 Å². The molecule has 1 aliphatic rings. The zero-order valence-electron chi connectivity index (χ0n) is 14.7. The smallest absolute Gasteiger partial charge is 0.0904 e. The van der Waals surface area contributed by atoms with Crippen molar-refractivity contribution < 1.29 is 5.11 Å². The Morgan fingerprint density at radius 1 is 0.778 bits per heavy atom. The van der Waals surface area contributed by atoms with E-state index in [0.29, 0.717) is 0 Å². The largest absolute Gasteiger partial charge is 0.387 e. The first-order valence-corrected chi connectivity index (χ1v) is 11.1. The van der Waals surface area contributed by atoms with E-state index >= 15 is 0 Å². The summed E-state index contributed by atoms with van der Waals surface area (Å²) in [7, 11) is -0.747. The highest BCUT2D eigenvalue weighted by Crippen LogP contribution is 2.40. The molecule has 0 fully saturated rings. The lowest BCUT2D eigenvalue weighted by molar-refractivity contribution is 0.152. The van der Waals surface area contributed by atoms with Crippen LogP contribution in [0.15, 0.2) is 108 Å². The molecular weight excluding hydrogens is 415 g/mol. The molecule has 2 atom stereocenters. The lowest BCUT2D eigenvalue weighted by atomic mass is 9.97. The van der Waals surface area contributed by atoms with Gasteiger partial charge in [-0.2, -0.15) is 0 Å². The Hall–Kier alpha value is -1.99. The van der Waals surface area contributed by atoms with Gasteiger partial charge in [0.15, 0.2) is 0 Å². The van der Waals surface area contributed by atoms with Crippen molar-refractivity contribution >= 4 is 39.8 Å². The average Bonchev–Trinajstić information content (AvgIpc) is 3.16. The fourth-order valence-electron chi connectivity index (χ4n) is 3.44. The van der Waals surface area contributed by atoms with E-state index < -0.39 is 14.0 Å². The number of aliphatic hydroxyl groups excluding tert-OH is 1. The Bertz CT molecular complexity index is 926. The SMILES string of the molecule is O[C@@H](c1ccccc1P(c1ccccc1)c1ccccc1)[C@@H]1C=CC=C1Br. The molecule has 0 saturated carbocycles. The Balaban J connectivity index is 1.84. The van der Waals surface area contributed by atoms with Crippen molar-refractivity contribution in [2.24, 2.45) is 5.92 Å². The molecule has 0 saturated heterocycles. The molecule has 4 rings (SSSR count). The monoisotopic (exact) mass is 434 g/mol. The van der Waals surface area contributed by atoms with E-state index in [9.17, 15) is 5.11 Å². The Kier molecular flexibility index (Phi) is 5.69. The predicted octanol–water partition coefficient (Wildman–Crippen LogP) is 4.94. The first-order chi connectivity index (χ1) is 13.3. The van der Waals surface area contributed by atoms with E-state index in [0.717, 1.165) is 10.0 Å². The lowest BCUT2D eigenvalue weighted by Crippen LogP contribution is -2.26. The summed E-state index contributed by atoms with van der Waals surface area (Å²) in [6, 6.07) is 29.5. The average molecular weight is 435 g/mol. The van der Waals surface area contributed by atoms with Crippen molar-refractivity contribution in [2.75, 3.05) is 0 Å². The minimum Gasteiger partial charge on any atom is -0.387 e. The number of aliphatic hydroxyl groups is 1. The molecule has 3 aromatic carbocycles. The molecule has 0 heterocycles. The van der Waals surface area contributed by atoms with E-state index in [2.05, 4.69) is 88.7 Å². The highest BCUT2D eigenvalue weighted by atomic mass is 79.9. The number of halogens is 1. The Labute approximate surface area is 170 Å². The molecule has 1 N–H and O–H groups in total. The van der Waals surface area contributed by atoms with E-state index in [1.807, 2.05) is 30.4 Å². The number of allylic oxidation sites excluding steroid dienone is 2. The number of hydrogen-bond donors (Lipinski definition) is 1. The molecule has 0 aromatic heterocycles. The zero-order valence-corrected chi connectivity index (χ0v) is 17.2. The molecule has 3 aromatic rings. The summed E-state index contributed by atoms with van der Waals surface area (Å²) in [6.07, 6.45) is 5.48. The predicted molar refractivity (Wildman–Crippen MR) is 120 cm³/mol. The van der Waals surface area contributed by atoms with Gasteiger partial charge in [0, 0.05) is 10.4 Å². The number of rotatable bonds is 5. The quantitative estimate of drug-likeness (QED) is 0.563. The van der Waals surface area contributed by atoms with Crippen LogP contribution < -0.4 is 15.9 Å². The molecule has 1 aliphatic carbocycles. The second-order valence-corrected chi connectivity index (χ2v) is 9.57. The maximum absolute atomic E-state index is 11.2. The fourth-order valence-corrected chi connectivity index (χ4v) is 6.49. The third-order valence-electron chi connectivity index (χ3n) is 4.76. The van der Waals surface area contributed by atoms with E-state index in [1.54, 1.807) is 0 Å². The minimum absolute atomic E-state index is 0.0328. The molecule has 0 amide bonds. The van der Waals surface area contributed by atoms with Crippen LogP contribution in [0.4, 0.5) is 0 Å². The van der Waals surface area contributed by atoms with Gasteiger partial charge in [0.1, 0.15) is 0 Å². The van der Waals surface area contributed by atoms with Gasteiger partial charge in [-0.25, -0.2) is 0 Å². The van der Waals surface area contributed by atoms with Gasteiger partial charge in [-0.15, -0.1) is 0 Å². The normalized spacial score (nSPS) is 17.1. The lowest BCUT2D eigenvalue weighted by Gasteiger charge is -2.26. The van der Waals surface area contributed by atoms with Crippen LogP contribution in [-0.4, -0.2) is 5.11 Å². The molecule has 1 nitrogen and oxygen atoms in total. The highest BCUT2D eigenvalue weighted by Gasteiger charge is 2.28. The van der Waals surface area contributed by atoms with Crippen molar-refractivity contribution in [3.05, 3.63) is 113 Å². The van der Waals surface area contributed by atoms with Crippen molar-refractivity contribution in [3.63, 3.8) is 0 Å². The number of benzene rings is 3. The Morgan fingerprint density at radius 2 is 1.33 bits per heavy atom. The first-order valence-electron chi connectivity index (χ1n) is 8.97. The van der Waals surface area contributed by atoms with E-state index in [-0.39, 0.29) is 5.92 Å². The molecule has 0 unspecified atom stereocenters. The van der Waals surface area contributed by atoms with Crippen LogP contribution in [0.3, 0.4) is 0 Å². The van der Waals surface area contributed by atoms with Crippen LogP contribution in [-0.2, 0) is 0 Å². The zero-order chi connectivity index (χ0) is 18.6. The summed E-state index contributed by atoms with van der Waals surface area (Å²) in [5, 5.41) is 15.0. The van der Waals surface area contributed by atoms with Crippen molar-refractivity contribution in [1.29, 1.82) is 0 Å². The molecule has 0 bridgehead atoms. The topological polar surface area (TPSA) is 20.2 Å². The van der Waals surface area contributed by atoms with Gasteiger partial charge < -0.3 is 5.11 Å². The second-order valence-electron chi connectivity index (χ2n) is 6.47. The van der Waals surface area contributed by atoms with Crippen LogP contribution in [0.5, 0.6) is 0 Å². The van der Waals surface area contributed by atoms with Gasteiger partial charge in [-0.1, -0.05) is 119 Å². The summed E-state index contributed by atoms with van der Waals surface area (Å²) in [4.78, 5) is 0. The van der Waals surface area contributed by atoms with Crippen LogP contribution in [0, 0.1) is 5.92 Å². The van der Waals surface area contributed by atoms with Gasteiger partial charge in [0.2, 0.25) is 0 Å². The molecule has 27 heavy (non-hydrogen) atoms. The molecule has 3 heteroatoms. The van der Waals surface area contributed by atoms with Crippen molar-refractivity contribution in [1.82, 2.24) is 0 Å². The minimum atomic E-state index is -0.747. The molecule has 134 valence electrons. The molecule has 0 aliphatic heterocycles. The van der Waals surface area contributed by atoms with Crippen molar-refractivity contribution in [2.45, 2.75) is 6.10 Å². The summed E-state index contributed by atoms with van der Waals surface area (Å²) >= 11 is 3.60. The highest BCUT2D eigenvalue weighted by molar-refractivity contribution is 9.11. The van der Waals surface area contributed by atoms with Gasteiger partial charge in [-0.05, 0) is 29.4 Å². The van der Waals surface area contributed by atoms with Crippen LogP contribution >= 0.6 is 23.9 Å². The Morgan fingerprint density at radius 3 is 1.89 bits per heavy atom. The maximum Gasteiger partial charge on any atom is 0.0904 e. The fraction of sp³-hybridized carbons (Fsp3) is 0.0833. The molecule has 0 radical (unpaired) electrons. The van der Waals surface area contributed by atoms with Crippen molar-refractivity contribution in [3.8, 4) is 0 Å². The number of hydrogen-bond acceptors (Lipinski definition) is 1. The van der Waals surface area contributed by atoms with Gasteiger partial charge in [0.25, 0.3) is 0 Å².